The van der Waals surface area contributed by atoms with Crippen LogP contribution in [0.1, 0.15) is 42.1 Å². The van der Waals surface area contributed by atoms with E-state index in [-0.39, 0.29) is 30.3 Å². The first kappa shape index (κ1) is 33.7. The number of nitrogens with zero attached hydrogens (tertiary/aromatic N) is 1. The summed E-state index contributed by atoms with van der Waals surface area (Å²) in [6.07, 6.45) is 1.41. The molecule has 1 atom stereocenters. The van der Waals surface area contributed by atoms with Crippen LogP contribution in [0.25, 0.3) is 0 Å². The molecule has 1 aliphatic heterocycles. The summed E-state index contributed by atoms with van der Waals surface area (Å²) >= 11 is 6.48. The van der Waals surface area contributed by atoms with Crippen molar-refractivity contribution in [3.63, 3.8) is 0 Å². The maximum Gasteiger partial charge on any atom is 0.338 e. The topological polar surface area (TPSA) is 146 Å². The van der Waals surface area contributed by atoms with E-state index in [2.05, 4.69) is 21.2 Å². The standard InChI is InChI=1S/C33H35ClN4O8/c1-6-44-32(40)29-20(3)36-33(41)37-30(29)23-10-11-25(26(15-23)42-4)45-18-28(39)38-35-16-22-13-24(34)31(27(14-22)43-5)46-17-21-9-7-8-19(2)12-21/h7-16,30H,6,17-18H2,1-5H3,(H,38,39)(H2,36,37,41)/b35-16-/t30-/m0/s1. The lowest BCUT2D eigenvalue weighted by atomic mass is 9.95. The number of carbonyl (C=O) groups is 3. The molecule has 0 fully saturated rings. The molecule has 3 amide bonds. The molecule has 1 aliphatic rings. The van der Waals surface area contributed by atoms with Crippen LogP contribution in [-0.4, -0.2) is 51.6 Å². The average Bonchev–Trinajstić information content (AvgIpc) is 3.02. The maximum absolute atomic E-state index is 12.6. The summed E-state index contributed by atoms with van der Waals surface area (Å²) in [4.78, 5) is 37.3. The predicted molar refractivity (Wildman–Crippen MR) is 171 cm³/mol. The number of esters is 1. The molecule has 3 aromatic carbocycles. The highest BCUT2D eigenvalue weighted by Crippen LogP contribution is 2.37. The second-order valence-corrected chi connectivity index (χ2v) is 10.5. The molecule has 0 aliphatic carbocycles. The number of urea groups is 1. The number of nitrogens with one attached hydrogen (secondary N) is 3. The number of hydrazone groups is 1. The molecule has 3 N–H and O–H groups in total. The van der Waals surface area contributed by atoms with Crippen LogP contribution >= 0.6 is 11.6 Å². The third-order valence-corrected chi connectivity index (χ3v) is 7.05. The number of allylic oxidation sites excluding steroid dienone is 1. The van der Waals surface area contributed by atoms with Crippen molar-refractivity contribution in [2.45, 2.75) is 33.4 Å². The third-order valence-electron chi connectivity index (χ3n) is 6.76. The molecular weight excluding hydrogens is 616 g/mol. The van der Waals surface area contributed by atoms with Gasteiger partial charge in [-0.25, -0.2) is 15.0 Å². The summed E-state index contributed by atoms with van der Waals surface area (Å²) in [7, 11) is 2.94. The van der Waals surface area contributed by atoms with Crippen LogP contribution in [0.15, 0.2) is 71.0 Å². The number of hydrogen-bond donors (Lipinski definition) is 3. The number of aryl methyl sites for hydroxylation is 1. The van der Waals surface area contributed by atoms with Gasteiger partial charge in [0.15, 0.2) is 29.6 Å². The van der Waals surface area contributed by atoms with Crippen molar-refractivity contribution in [2.24, 2.45) is 5.10 Å². The molecule has 4 rings (SSSR count). The van der Waals surface area contributed by atoms with Gasteiger partial charge in [0.1, 0.15) is 6.61 Å². The van der Waals surface area contributed by atoms with Gasteiger partial charge in [0.25, 0.3) is 5.91 Å². The zero-order chi connectivity index (χ0) is 33.2. The summed E-state index contributed by atoms with van der Waals surface area (Å²) in [6.45, 7) is 5.44. The number of ether oxygens (including phenoxy) is 5. The van der Waals surface area contributed by atoms with Crippen LogP contribution in [0.5, 0.6) is 23.0 Å². The minimum Gasteiger partial charge on any atom is -0.493 e. The Morgan fingerprint density at radius 2 is 1.78 bits per heavy atom. The molecule has 0 aromatic heterocycles. The lowest BCUT2D eigenvalue weighted by Crippen LogP contribution is -2.45. The van der Waals surface area contributed by atoms with Crippen molar-refractivity contribution in [1.82, 2.24) is 16.1 Å². The first-order chi connectivity index (χ1) is 22.1. The fourth-order valence-corrected chi connectivity index (χ4v) is 4.95. The Balaban J connectivity index is 1.37. The Morgan fingerprint density at radius 3 is 2.50 bits per heavy atom. The maximum atomic E-state index is 12.6. The van der Waals surface area contributed by atoms with Gasteiger partial charge in [-0.3, -0.25) is 4.79 Å². The molecule has 3 aromatic rings. The van der Waals surface area contributed by atoms with E-state index in [1.54, 1.807) is 44.2 Å². The molecule has 0 radical (unpaired) electrons. The van der Waals surface area contributed by atoms with Crippen molar-refractivity contribution in [2.75, 3.05) is 27.4 Å². The molecule has 0 saturated heterocycles. The summed E-state index contributed by atoms with van der Waals surface area (Å²) < 4.78 is 27.7. The van der Waals surface area contributed by atoms with Crippen LogP contribution < -0.4 is 35.0 Å². The van der Waals surface area contributed by atoms with E-state index in [0.29, 0.717) is 40.0 Å². The van der Waals surface area contributed by atoms with Crippen LogP contribution in [0.3, 0.4) is 0 Å². The summed E-state index contributed by atoms with van der Waals surface area (Å²) in [5.74, 6) is 0.266. The summed E-state index contributed by atoms with van der Waals surface area (Å²) in [5.41, 5.74) is 6.28. The lowest BCUT2D eigenvalue weighted by molar-refractivity contribution is -0.139. The van der Waals surface area contributed by atoms with Crippen LogP contribution in [0.4, 0.5) is 4.79 Å². The van der Waals surface area contributed by atoms with E-state index < -0.39 is 23.9 Å². The van der Waals surface area contributed by atoms with Crippen LogP contribution in [0, 0.1) is 6.92 Å². The molecule has 13 heteroatoms. The van der Waals surface area contributed by atoms with E-state index in [9.17, 15) is 14.4 Å². The Bertz CT molecular complexity index is 1670. The number of benzene rings is 3. The highest BCUT2D eigenvalue weighted by Gasteiger charge is 2.32. The van der Waals surface area contributed by atoms with Gasteiger partial charge in [-0.2, -0.15) is 5.10 Å². The normalized spacial score (nSPS) is 14.3. The van der Waals surface area contributed by atoms with Gasteiger partial charge in [-0.15, -0.1) is 0 Å². The van der Waals surface area contributed by atoms with Gasteiger partial charge in [0.05, 0.1) is 43.7 Å². The first-order valence-corrected chi connectivity index (χ1v) is 14.6. The van der Waals surface area contributed by atoms with Gasteiger partial charge in [0.2, 0.25) is 0 Å². The zero-order valence-electron chi connectivity index (χ0n) is 26.1. The van der Waals surface area contributed by atoms with E-state index in [1.165, 1.54) is 20.4 Å². The third kappa shape index (κ3) is 8.48. The van der Waals surface area contributed by atoms with E-state index >= 15 is 0 Å². The van der Waals surface area contributed by atoms with E-state index in [1.807, 2.05) is 31.2 Å². The molecule has 0 bridgehead atoms. The largest absolute Gasteiger partial charge is 0.493 e. The van der Waals surface area contributed by atoms with Crippen molar-refractivity contribution in [3.05, 3.63) is 93.1 Å². The molecule has 242 valence electrons. The summed E-state index contributed by atoms with van der Waals surface area (Å²) in [6, 6.07) is 14.9. The Hall–Kier alpha value is -5.23. The second-order valence-electron chi connectivity index (χ2n) is 10.1. The van der Waals surface area contributed by atoms with Gasteiger partial charge in [-0.05, 0) is 61.7 Å². The molecular formula is C33H35ClN4O8. The molecule has 46 heavy (non-hydrogen) atoms. The van der Waals surface area contributed by atoms with Gasteiger partial charge >= 0.3 is 12.0 Å². The monoisotopic (exact) mass is 650 g/mol. The molecule has 0 spiro atoms. The fourth-order valence-electron chi connectivity index (χ4n) is 4.67. The fraction of sp³-hybridized carbons (Fsp3) is 0.273. The summed E-state index contributed by atoms with van der Waals surface area (Å²) in [5, 5.41) is 9.63. The van der Waals surface area contributed by atoms with Crippen molar-refractivity contribution >= 4 is 35.7 Å². The Labute approximate surface area is 271 Å². The second kappa shape index (κ2) is 15.7. The number of rotatable bonds is 13. The lowest BCUT2D eigenvalue weighted by Gasteiger charge is -2.28. The Kier molecular flexibility index (Phi) is 11.5. The minimum absolute atomic E-state index is 0.177. The predicted octanol–water partition coefficient (Wildman–Crippen LogP) is 4.96. The zero-order valence-corrected chi connectivity index (χ0v) is 26.8. The van der Waals surface area contributed by atoms with Gasteiger partial charge in [0, 0.05) is 5.70 Å². The van der Waals surface area contributed by atoms with Crippen molar-refractivity contribution < 1.29 is 38.1 Å². The number of hydrogen-bond acceptors (Lipinski definition) is 9. The number of carbonyl (C=O) groups excluding carboxylic acids is 3. The Morgan fingerprint density at radius 1 is 1.00 bits per heavy atom. The number of methoxy groups -OCH3 is 2. The van der Waals surface area contributed by atoms with Gasteiger partial charge in [-0.1, -0.05) is 47.5 Å². The highest BCUT2D eigenvalue weighted by molar-refractivity contribution is 6.32. The average molecular weight is 651 g/mol. The smallest absolute Gasteiger partial charge is 0.338 e. The van der Waals surface area contributed by atoms with Crippen LogP contribution in [0.2, 0.25) is 5.02 Å². The van der Waals surface area contributed by atoms with Crippen LogP contribution in [-0.2, 0) is 20.9 Å². The van der Waals surface area contributed by atoms with Crippen molar-refractivity contribution in [1.29, 1.82) is 0 Å². The molecule has 1 heterocycles. The SMILES string of the molecule is CCOC(=O)C1=C(C)NC(=O)N[C@H]1c1ccc(OCC(=O)N/N=C\c2cc(Cl)c(OCc3cccc(C)c3)c(OC)c2)c(OC)c1. The van der Waals surface area contributed by atoms with Crippen molar-refractivity contribution in [3.8, 4) is 23.0 Å². The number of halogens is 1. The minimum atomic E-state index is -0.783. The van der Waals surface area contributed by atoms with E-state index in [0.717, 1.165) is 11.1 Å². The first-order valence-electron chi connectivity index (χ1n) is 14.3. The van der Waals surface area contributed by atoms with Gasteiger partial charge < -0.3 is 34.3 Å². The highest BCUT2D eigenvalue weighted by atomic mass is 35.5. The van der Waals surface area contributed by atoms with E-state index in [4.69, 9.17) is 35.3 Å². The molecule has 0 unspecified atom stereocenters. The number of amides is 3. The molecule has 12 nitrogen and oxygen atoms in total. The quantitative estimate of drug-likeness (QED) is 0.134. The molecule has 0 saturated carbocycles.